The van der Waals surface area contributed by atoms with E-state index in [0.29, 0.717) is 23.7 Å². The van der Waals surface area contributed by atoms with Crippen molar-refractivity contribution in [1.29, 1.82) is 0 Å². The van der Waals surface area contributed by atoms with Crippen molar-refractivity contribution in [3.63, 3.8) is 0 Å². The quantitative estimate of drug-likeness (QED) is 0.720. The molecule has 1 aromatic carbocycles. The minimum absolute atomic E-state index is 0.143. The van der Waals surface area contributed by atoms with Gasteiger partial charge in [0.1, 0.15) is 6.10 Å². The van der Waals surface area contributed by atoms with Crippen LogP contribution in [0.3, 0.4) is 0 Å². The van der Waals surface area contributed by atoms with Gasteiger partial charge >= 0.3 is 0 Å². The second-order valence-electron chi connectivity index (χ2n) is 5.24. The van der Waals surface area contributed by atoms with Crippen molar-refractivity contribution in [2.45, 2.75) is 19.1 Å². The maximum atomic E-state index is 6.01. The Balaban J connectivity index is 1.94. The Hall–Kier alpha value is -2.18. The van der Waals surface area contributed by atoms with Crippen LogP contribution in [0.5, 0.6) is 0 Å². The number of morpholine rings is 1. The lowest BCUT2D eigenvalue weighted by Gasteiger charge is -2.27. The molecule has 1 aliphatic rings. The lowest BCUT2D eigenvalue weighted by atomic mass is 10.1. The Kier molecular flexibility index (Phi) is 3.72. The van der Waals surface area contributed by atoms with Gasteiger partial charge in [-0.1, -0.05) is 0 Å². The number of benzene rings is 1. The molecule has 21 heavy (non-hydrogen) atoms. The van der Waals surface area contributed by atoms with Crippen LogP contribution in [0.1, 0.15) is 18.9 Å². The maximum Gasteiger partial charge on any atom is 0.159 e. The van der Waals surface area contributed by atoms with Crippen LogP contribution in [-0.2, 0) is 4.74 Å². The van der Waals surface area contributed by atoms with Crippen molar-refractivity contribution in [3.05, 3.63) is 36.3 Å². The van der Waals surface area contributed by atoms with Gasteiger partial charge in [-0.2, -0.15) is 0 Å². The SMILES string of the molecule is CC1CNCC(c2nccc(-c3cc(N)ccc3N)n2)O1. The van der Waals surface area contributed by atoms with E-state index in [1.54, 1.807) is 18.3 Å². The molecule has 1 fully saturated rings. The summed E-state index contributed by atoms with van der Waals surface area (Å²) < 4.78 is 5.87. The van der Waals surface area contributed by atoms with Gasteiger partial charge in [-0.05, 0) is 31.2 Å². The third-order valence-electron chi connectivity index (χ3n) is 3.47. The van der Waals surface area contributed by atoms with E-state index in [-0.39, 0.29) is 12.2 Å². The zero-order chi connectivity index (χ0) is 14.8. The highest BCUT2D eigenvalue weighted by Gasteiger charge is 2.23. The van der Waals surface area contributed by atoms with Gasteiger partial charge in [0, 0.05) is 36.2 Å². The molecule has 0 amide bonds. The molecule has 1 saturated heterocycles. The highest BCUT2D eigenvalue weighted by atomic mass is 16.5. The molecule has 0 radical (unpaired) electrons. The Morgan fingerprint density at radius 3 is 2.90 bits per heavy atom. The molecule has 6 nitrogen and oxygen atoms in total. The predicted octanol–water partition coefficient (Wildman–Crippen LogP) is 1.36. The molecule has 2 aromatic rings. The first-order chi connectivity index (χ1) is 10.1. The van der Waals surface area contributed by atoms with Crippen molar-refractivity contribution < 1.29 is 4.74 Å². The number of ether oxygens (including phenoxy) is 1. The second-order valence-corrected chi connectivity index (χ2v) is 5.24. The Morgan fingerprint density at radius 2 is 2.10 bits per heavy atom. The van der Waals surface area contributed by atoms with Crippen molar-refractivity contribution in [3.8, 4) is 11.3 Å². The van der Waals surface area contributed by atoms with E-state index in [1.807, 2.05) is 19.1 Å². The lowest BCUT2D eigenvalue weighted by molar-refractivity contribution is -0.0331. The number of nitrogens with one attached hydrogen (secondary N) is 1. The van der Waals surface area contributed by atoms with Gasteiger partial charge in [0.2, 0.25) is 0 Å². The summed E-state index contributed by atoms with van der Waals surface area (Å²) in [5.41, 5.74) is 14.7. The molecule has 2 unspecified atom stereocenters. The Labute approximate surface area is 123 Å². The minimum atomic E-state index is -0.143. The summed E-state index contributed by atoms with van der Waals surface area (Å²) in [6.07, 6.45) is 1.73. The van der Waals surface area contributed by atoms with Crippen molar-refractivity contribution in [2.24, 2.45) is 0 Å². The molecule has 2 heterocycles. The van der Waals surface area contributed by atoms with Crippen LogP contribution >= 0.6 is 0 Å². The third-order valence-corrected chi connectivity index (χ3v) is 3.47. The summed E-state index contributed by atoms with van der Waals surface area (Å²) in [6.45, 7) is 3.58. The van der Waals surface area contributed by atoms with E-state index < -0.39 is 0 Å². The highest BCUT2D eigenvalue weighted by molar-refractivity contribution is 5.76. The second kappa shape index (κ2) is 5.67. The molecule has 1 aliphatic heterocycles. The first-order valence-corrected chi connectivity index (χ1v) is 6.98. The van der Waals surface area contributed by atoms with E-state index in [0.717, 1.165) is 17.8 Å². The van der Waals surface area contributed by atoms with Crippen LogP contribution in [0.4, 0.5) is 11.4 Å². The number of nitrogen functional groups attached to an aromatic ring is 2. The molecule has 110 valence electrons. The van der Waals surface area contributed by atoms with Crippen molar-refractivity contribution in [1.82, 2.24) is 15.3 Å². The largest absolute Gasteiger partial charge is 0.399 e. The van der Waals surface area contributed by atoms with Gasteiger partial charge in [0.25, 0.3) is 0 Å². The topological polar surface area (TPSA) is 99.1 Å². The molecule has 5 N–H and O–H groups in total. The van der Waals surface area contributed by atoms with Gasteiger partial charge in [-0.15, -0.1) is 0 Å². The molecule has 0 spiro atoms. The summed E-state index contributed by atoms with van der Waals surface area (Å²) in [4.78, 5) is 8.92. The first kappa shape index (κ1) is 13.8. The fraction of sp³-hybridized carbons (Fsp3) is 0.333. The van der Waals surface area contributed by atoms with Gasteiger partial charge in [-0.3, -0.25) is 0 Å². The van der Waals surface area contributed by atoms with E-state index in [4.69, 9.17) is 16.2 Å². The summed E-state index contributed by atoms with van der Waals surface area (Å²) in [5.74, 6) is 0.661. The fourth-order valence-electron chi connectivity index (χ4n) is 2.42. The molecular formula is C15H19N5O. The first-order valence-electron chi connectivity index (χ1n) is 6.98. The molecule has 3 rings (SSSR count). The van der Waals surface area contributed by atoms with E-state index in [1.165, 1.54) is 0 Å². The molecule has 0 aliphatic carbocycles. The fourth-order valence-corrected chi connectivity index (χ4v) is 2.42. The smallest absolute Gasteiger partial charge is 0.159 e. The molecule has 1 aromatic heterocycles. The van der Waals surface area contributed by atoms with E-state index in [2.05, 4.69) is 15.3 Å². The minimum Gasteiger partial charge on any atom is -0.399 e. The third kappa shape index (κ3) is 2.96. The van der Waals surface area contributed by atoms with Crippen LogP contribution in [-0.4, -0.2) is 29.2 Å². The summed E-state index contributed by atoms with van der Waals surface area (Å²) in [6, 6.07) is 7.21. The van der Waals surface area contributed by atoms with Crippen LogP contribution in [0.25, 0.3) is 11.3 Å². The van der Waals surface area contributed by atoms with Crippen molar-refractivity contribution in [2.75, 3.05) is 24.6 Å². The summed E-state index contributed by atoms with van der Waals surface area (Å²) in [7, 11) is 0. The number of hydrogen-bond donors (Lipinski definition) is 3. The van der Waals surface area contributed by atoms with Gasteiger partial charge in [-0.25, -0.2) is 9.97 Å². The number of rotatable bonds is 2. The molecule has 6 heteroatoms. The predicted molar refractivity (Wildman–Crippen MR) is 82.5 cm³/mol. The van der Waals surface area contributed by atoms with Gasteiger partial charge in [0.15, 0.2) is 5.82 Å². The number of aromatic nitrogens is 2. The number of hydrogen-bond acceptors (Lipinski definition) is 6. The highest BCUT2D eigenvalue weighted by Crippen LogP contribution is 2.27. The Morgan fingerprint density at radius 1 is 1.24 bits per heavy atom. The van der Waals surface area contributed by atoms with E-state index >= 15 is 0 Å². The van der Waals surface area contributed by atoms with Crippen molar-refractivity contribution >= 4 is 11.4 Å². The van der Waals surface area contributed by atoms with Gasteiger partial charge < -0.3 is 21.5 Å². The molecule has 0 saturated carbocycles. The van der Waals surface area contributed by atoms with Crippen LogP contribution in [0, 0.1) is 0 Å². The molecule has 0 bridgehead atoms. The Bertz CT molecular complexity index is 646. The lowest BCUT2D eigenvalue weighted by Crippen LogP contribution is -2.39. The standard InChI is InChI=1S/C15H19N5O/c1-9-7-18-8-14(21-9)15-19-5-4-13(20-15)11-6-10(16)2-3-12(11)17/h2-6,9,14,18H,7-8,16-17H2,1H3. The summed E-state index contributed by atoms with van der Waals surface area (Å²) in [5, 5.41) is 3.31. The zero-order valence-corrected chi connectivity index (χ0v) is 11.9. The van der Waals surface area contributed by atoms with Gasteiger partial charge in [0.05, 0.1) is 11.8 Å². The zero-order valence-electron chi connectivity index (χ0n) is 11.9. The number of nitrogens with two attached hydrogens (primary N) is 2. The number of nitrogens with zero attached hydrogens (tertiary/aromatic N) is 2. The average molecular weight is 285 g/mol. The number of anilines is 2. The van der Waals surface area contributed by atoms with Crippen LogP contribution < -0.4 is 16.8 Å². The van der Waals surface area contributed by atoms with E-state index in [9.17, 15) is 0 Å². The molecular weight excluding hydrogens is 266 g/mol. The van der Waals surface area contributed by atoms with Crippen LogP contribution in [0.2, 0.25) is 0 Å². The monoisotopic (exact) mass is 285 g/mol. The molecule has 2 atom stereocenters. The normalized spacial score (nSPS) is 22.1. The van der Waals surface area contributed by atoms with Crippen LogP contribution in [0.15, 0.2) is 30.5 Å². The maximum absolute atomic E-state index is 6.01. The average Bonchev–Trinajstić information content (AvgIpc) is 2.50. The summed E-state index contributed by atoms with van der Waals surface area (Å²) >= 11 is 0.